The highest BCUT2D eigenvalue weighted by atomic mass is 19.1. The van der Waals surface area contributed by atoms with Gasteiger partial charge in [-0.25, -0.2) is 9.18 Å². The minimum absolute atomic E-state index is 0.282. The van der Waals surface area contributed by atoms with E-state index in [2.05, 4.69) is 0 Å². The molecule has 2 aromatic rings. The van der Waals surface area contributed by atoms with E-state index in [9.17, 15) is 9.18 Å². The van der Waals surface area contributed by atoms with Crippen molar-refractivity contribution in [1.29, 1.82) is 0 Å². The fraction of sp³-hybridized carbons (Fsp3) is 0.267. The molecular weight excluding hydrogens is 245 g/mol. The number of carboxylic acid groups (broad SMARTS) is 1. The number of carbonyl (C=O) groups is 1. The molecular formula is C15H14FNO2. The molecule has 1 aliphatic rings. The fourth-order valence-corrected chi connectivity index (χ4v) is 2.53. The molecule has 1 heterocycles. The van der Waals surface area contributed by atoms with E-state index in [0.717, 1.165) is 34.9 Å². The van der Waals surface area contributed by atoms with Crippen molar-refractivity contribution in [2.75, 3.05) is 0 Å². The number of aryl methyl sites for hydroxylation is 1. The minimum atomic E-state index is -0.930. The maximum Gasteiger partial charge on any atom is 0.328 e. The summed E-state index contributed by atoms with van der Waals surface area (Å²) >= 11 is 0. The molecule has 0 unspecified atom stereocenters. The van der Waals surface area contributed by atoms with Gasteiger partial charge >= 0.3 is 5.97 Å². The Morgan fingerprint density at radius 1 is 1.47 bits per heavy atom. The molecule has 4 heteroatoms. The van der Waals surface area contributed by atoms with Gasteiger partial charge < -0.3 is 9.67 Å². The maximum atomic E-state index is 13.3. The lowest BCUT2D eigenvalue weighted by Crippen LogP contribution is -1.94. The van der Waals surface area contributed by atoms with Gasteiger partial charge in [-0.05, 0) is 42.5 Å². The zero-order chi connectivity index (χ0) is 13.6. The van der Waals surface area contributed by atoms with Crippen LogP contribution in [0, 0.1) is 11.7 Å². The summed E-state index contributed by atoms with van der Waals surface area (Å²) in [5.41, 5.74) is 2.54. The van der Waals surface area contributed by atoms with E-state index in [0.29, 0.717) is 5.92 Å². The first-order valence-electron chi connectivity index (χ1n) is 6.25. The summed E-state index contributed by atoms with van der Waals surface area (Å²) in [7, 11) is 1.84. The number of fused-ring (bicyclic) bond motifs is 1. The van der Waals surface area contributed by atoms with Gasteiger partial charge in [0.25, 0.3) is 0 Å². The van der Waals surface area contributed by atoms with E-state index < -0.39 is 5.97 Å². The number of halogens is 1. The van der Waals surface area contributed by atoms with Gasteiger partial charge in [0, 0.05) is 30.3 Å². The monoisotopic (exact) mass is 259 g/mol. The first kappa shape index (κ1) is 12.0. The fourth-order valence-electron chi connectivity index (χ4n) is 2.53. The first-order valence-corrected chi connectivity index (χ1v) is 6.25. The molecule has 98 valence electrons. The van der Waals surface area contributed by atoms with Crippen LogP contribution in [0.15, 0.2) is 30.5 Å². The van der Waals surface area contributed by atoms with Gasteiger partial charge in [0.1, 0.15) is 5.82 Å². The number of hydrogen-bond acceptors (Lipinski definition) is 1. The van der Waals surface area contributed by atoms with Gasteiger partial charge in [-0.2, -0.15) is 0 Å². The topological polar surface area (TPSA) is 42.2 Å². The normalized spacial score (nSPS) is 16.0. The Morgan fingerprint density at radius 2 is 2.21 bits per heavy atom. The molecule has 0 spiro atoms. The van der Waals surface area contributed by atoms with E-state index in [-0.39, 0.29) is 5.82 Å². The Labute approximate surface area is 110 Å². The summed E-state index contributed by atoms with van der Waals surface area (Å²) in [5.74, 6) is -0.886. The van der Waals surface area contributed by atoms with Crippen molar-refractivity contribution in [1.82, 2.24) is 4.57 Å². The van der Waals surface area contributed by atoms with Crippen LogP contribution in [-0.4, -0.2) is 15.6 Å². The third-order valence-electron chi connectivity index (χ3n) is 3.56. The second-order valence-corrected chi connectivity index (χ2v) is 5.03. The summed E-state index contributed by atoms with van der Waals surface area (Å²) < 4.78 is 15.1. The first-order chi connectivity index (χ1) is 9.06. The van der Waals surface area contributed by atoms with E-state index in [1.807, 2.05) is 17.8 Å². The van der Waals surface area contributed by atoms with Crippen LogP contribution in [0.4, 0.5) is 4.39 Å². The number of benzene rings is 1. The minimum Gasteiger partial charge on any atom is -0.478 e. The van der Waals surface area contributed by atoms with Gasteiger partial charge in [-0.3, -0.25) is 0 Å². The van der Waals surface area contributed by atoms with Gasteiger partial charge in [0.05, 0.1) is 5.52 Å². The molecule has 1 fully saturated rings. The highest BCUT2D eigenvalue weighted by Gasteiger charge is 2.29. The average molecular weight is 259 g/mol. The van der Waals surface area contributed by atoms with E-state index >= 15 is 0 Å². The number of nitrogens with zero attached hydrogens (tertiary/aromatic N) is 1. The Morgan fingerprint density at radius 3 is 2.84 bits per heavy atom. The number of carboxylic acids is 1. The summed E-state index contributed by atoms with van der Waals surface area (Å²) in [6, 6.07) is 4.61. The molecule has 0 saturated heterocycles. The van der Waals surface area contributed by atoms with Crippen molar-refractivity contribution in [2.24, 2.45) is 13.0 Å². The highest BCUT2D eigenvalue weighted by Crippen LogP contribution is 2.44. The van der Waals surface area contributed by atoms with Crippen molar-refractivity contribution in [3.63, 3.8) is 0 Å². The van der Waals surface area contributed by atoms with Crippen molar-refractivity contribution >= 4 is 22.4 Å². The molecule has 0 aliphatic heterocycles. The standard InChI is InChI=1S/C15H14FNO2/c1-17-8-13(11-5-4-10(16)6-14(11)17)12(7-15(18)19)9-2-3-9/h4-9H,2-3H2,1H3,(H,18,19)/b12-7+. The number of allylic oxidation sites excluding steroid dienone is 1. The molecule has 1 saturated carbocycles. The Hall–Kier alpha value is -2.10. The van der Waals surface area contributed by atoms with Crippen LogP contribution in [0.2, 0.25) is 0 Å². The third kappa shape index (κ3) is 2.14. The zero-order valence-corrected chi connectivity index (χ0v) is 10.6. The smallest absolute Gasteiger partial charge is 0.328 e. The molecule has 0 bridgehead atoms. The van der Waals surface area contributed by atoms with Crippen LogP contribution in [0.1, 0.15) is 18.4 Å². The molecule has 3 rings (SSSR count). The summed E-state index contributed by atoms with van der Waals surface area (Å²) in [6.45, 7) is 0. The quantitative estimate of drug-likeness (QED) is 0.860. The SMILES string of the molecule is Cn1cc(/C(=C/C(=O)O)C2CC2)c2ccc(F)cc21. The lowest BCUT2D eigenvalue weighted by Gasteiger charge is -2.03. The lowest BCUT2D eigenvalue weighted by atomic mass is 10.0. The van der Waals surface area contributed by atoms with E-state index in [4.69, 9.17) is 5.11 Å². The molecule has 1 N–H and O–H groups in total. The van der Waals surface area contributed by atoms with Crippen LogP contribution in [0.25, 0.3) is 16.5 Å². The van der Waals surface area contributed by atoms with Crippen LogP contribution in [-0.2, 0) is 11.8 Å². The molecule has 1 aromatic carbocycles. The van der Waals surface area contributed by atoms with E-state index in [1.54, 1.807) is 6.07 Å². The Kier molecular flexibility index (Phi) is 2.66. The van der Waals surface area contributed by atoms with Crippen LogP contribution >= 0.6 is 0 Å². The second kappa shape index (κ2) is 4.23. The van der Waals surface area contributed by atoms with Crippen LogP contribution in [0.3, 0.4) is 0 Å². The zero-order valence-electron chi connectivity index (χ0n) is 10.6. The van der Waals surface area contributed by atoms with Crippen molar-refractivity contribution in [3.8, 4) is 0 Å². The van der Waals surface area contributed by atoms with Crippen molar-refractivity contribution in [3.05, 3.63) is 41.9 Å². The number of aliphatic carboxylic acids is 1. The van der Waals surface area contributed by atoms with Crippen LogP contribution in [0.5, 0.6) is 0 Å². The molecule has 0 atom stereocenters. The Balaban J connectivity index is 2.21. The summed E-state index contributed by atoms with van der Waals surface area (Å²) in [6.07, 6.45) is 5.22. The third-order valence-corrected chi connectivity index (χ3v) is 3.56. The maximum absolute atomic E-state index is 13.3. The molecule has 19 heavy (non-hydrogen) atoms. The lowest BCUT2D eigenvalue weighted by molar-refractivity contribution is -0.131. The average Bonchev–Trinajstić information content (AvgIpc) is 3.13. The number of rotatable bonds is 3. The Bertz CT molecular complexity index is 695. The largest absolute Gasteiger partial charge is 0.478 e. The predicted molar refractivity (Wildman–Crippen MR) is 71.2 cm³/mol. The van der Waals surface area contributed by atoms with E-state index in [1.165, 1.54) is 18.2 Å². The molecule has 0 radical (unpaired) electrons. The molecule has 1 aliphatic carbocycles. The summed E-state index contributed by atoms with van der Waals surface area (Å²) in [4.78, 5) is 11.0. The highest BCUT2D eigenvalue weighted by molar-refractivity contribution is 5.99. The van der Waals surface area contributed by atoms with Crippen LogP contribution < -0.4 is 0 Å². The van der Waals surface area contributed by atoms with Gasteiger partial charge in [0.15, 0.2) is 0 Å². The molecule has 3 nitrogen and oxygen atoms in total. The van der Waals surface area contributed by atoms with Crippen molar-refractivity contribution < 1.29 is 14.3 Å². The predicted octanol–water partition coefficient (Wildman–Crippen LogP) is 3.20. The number of aromatic nitrogens is 1. The van der Waals surface area contributed by atoms with Gasteiger partial charge in [0.2, 0.25) is 0 Å². The molecule has 1 aromatic heterocycles. The van der Waals surface area contributed by atoms with Gasteiger partial charge in [-0.15, -0.1) is 0 Å². The number of hydrogen-bond donors (Lipinski definition) is 1. The molecule has 0 amide bonds. The van der Waals surface area contributed by atoms with Crippen molar-refractivity contribution in [2.45, 2.75) is 12.8 Å². The van der Waals surface area contributed by atoms with Gasteiger partial charge in [-0.1, -0.05) is 0 Å². The second-order valence-electron chi connectivity index (χ2n) is 5.03. The summed E-state index contributed by atoms with van der Waals surface area (Å²) in [5, 5.41) is 9.91.